The molecule has 16 heavy (non-hydrogen) atoms. The van der Waals surface area contributed by atoms with E-state index in [2.05, 4.69) is 27.7 Å². The van der Waals surface area contributed by atoms with Gasteiger partial charge in [0, 0.05) is 7.11 Å². The summed E-state index contributed by atoms with van der Waals surface area (Å²) in [5.74, 6) is 0.293. The normalized spacial score (nSPS) is 15.2. The van der Waals surface area contributed by atoms with E-state index in [1.807, 2.05) is 18.2 Å². The summed E-state index contributed by atoms with van der Waals surface area (Å²) in [5, 5.41) is 10.2. The zero-order valence-electron chi connectivity index (χ0n) is 10.8. The van der Waals surface area contributed by atoms with Crippen molar-refractivity contribution in [2.45, 2.75) is 39.9 Å². The number of ether oxygens (including phenoxy) is 1. The number of benzene rings is 1. The van der Waals surface area contributed by atoms with Gasteiger partial charge in [0.2, 0.25) is 0 Å². The minimum Gasteiger partial charge on any atom is -0.386 e. The van der Waals surface area contributed by atoms with Crippen LogP contribution in [0.2, 0.25) is 0 Å². The molecule has 2 nitrogen and oxygen atoms in total. The number of rotatable bonds is 4. The van der Waals surface area contributed by atoms with E-state index in [1.54, 1.807) is 7.11 Å². The van der Waals surface area contributed by atoms with Crippen molar-refractivity contribution < 1.29 is 9.84 Å². The highest BCUT2D eigenvalue weighted by molar-refractivity contribution is 5.31. The molecule has 2 heteroatoms. The van der Waals surface area contributed by atoms with E-state index in [9.17, 15) is 5.11 Å². The van der Waals surface area contributed by atoms with E-state index in [0.29, 0.717) is 5.92 Å². The lowest BCUT2D eigenvalue weighted by Crippen LogP contribution is -2.26. The third-order valence-corrected chi connectivity index (χ3v) is 3.11. The van der Waals surface area contributed by atoms with Gasteiger partial charge in [0.15, 0.2) is 0 Å². The van der Waals surface area contributed by atoms with Crippen molar-refractivity contribution >= 4 is 0 Å². The molecule has 0 bridgehead atoms. The minimum atomic E-state index is -0.552. The molecule has 0 saturated heterocycles. The lowest BCUT2D eigenvalue weighted by atomic mass is 9.94. The topological polar surface area (TPSA) is 29.5 Å². The van der Waals surface area contributed by atoms with E-state index in [1.165, 1.54) is 11.1 Å². The van der Waals surface area contributed by atoms with E-state index >= 15 is 0 Å². The summed E-state index contributed by atoms with van der Waals surface area (Å²) >= 11 is 0. The summed E-state index contributed by atoms with van der Waals surface area (Å²) in [7, 11) is 1.65. The summed E-state index contributed by atoms with van der Waals surface area (Å²) in [6, 6.07) is 6.05. The highest BCUT2D eigenvalue weighted by atomic mass is 16.5. The van der Waals surface area contributed by atoms with Gasteiger partial charge in [0.25, 0.3) is 0 Å². The molecule has 2 unspecified atom stereocenters. The molecule has 1 aromatic rings. The molecule has 0 amide bonds. The van der Waals surface area contributed by atoms with Gasteiger partial charge in [-0.2, -0.15) is 0 Å². The maximum atomic E-state index is 10.2. The van der Waals surface area contributed by atoms with E-state index in [-0.39, 0.29) is 6.10 Å². The van der Waals surface area contributed by atoms with Crippen LogP contribution in [-0.2, 0) is 4.74 Å². The van der Waals surface area contributed by atoms with Crippen molar-refractivity contribution in [2.24, 2.45) is 5.92 Å². The first-order valence-corrected chi connectivity index (χ1v) is 5.75. The van der Waals surface area contributed by atoms with Crippen molar-refractivity contribution in [3.05, 3.63) is 34.9 Å². The second kappa shape index (κ2) is 5.46. The largest absolute Gasteiger partial charge is 0.386 e. The van der Waals surface area contributed by atoms with Crippen LogP contribution in [0.1, 0.15) is 36.6 Å². The van der Waals surface area contributed by atoms with Crippen LogP contribution in [0.4, 0.5) is 0 Å². The van der Waals surface area contributed by atoms with Crippen LogP contribution >= 0.6 is 0 Å². The molecule has 0 heterocycles. The van der Waals surface area contributed by atoms with E-state index in [0.717, 1.165) is 5.56 Å². The van der Waals surface area contributed by atoms with Crippen LogP contribution < -0.4 is 0 Å². The third kappa shape index (κ3) is 2.83. The minimum absolute atomic E-state index is 0.151. The van der Waals surface area contributed by atoms with Crippen LogP contribution in [0.25, 0.3) is 0 Å². The van der Waals surface area contributed by atoms with Crippen molar-refractivity contribution in [3.63, 3.8) is 0 Å². The smallest absolute Gasteiger partial charge is 0.105 e. The molecule has 0 aliphatic heterocycles. The Morgan fingerprint density at radius 2 is 1.75 bits per heavy atom. The van der Waals surface area contributed by atoms with Crippen molar-refractivity contribution in [1.29, 1.82) is 0 Å². The summed E-state index contributed by atoms with van der Waals surface area (Å²) in [4.78, 5) is 0. The average molecular weight is 222 g/mol. The number of aryl methyl sites for hydroxylation is 2. The van der Waals surface area contributed by atoms with Gasteiger partial charge in [-0.05, 0) is 36.5 Å². The van der Waals surface area contributed by atoms with Crippen LogP contribution in [0.3, 0.4) is 0 Å². The first-order chi connectivity index (χ1) is 7.47. The molecule has 1 N–H and O–H groups in total. The highest BCUT2D eigenvalue weighted by Crippen LogP contribution is 2.25. The molecule has 1 rings (SSSR count). The average Bonchev–Trinajstić information content (AvgIpc) is 2.22. The van der Waals surface area contributed by atoms with Gasteiger partial charge in [-0.25, -0.2) is 0 Å². The van der Waals surface area contributed by atoms with Gasteiger partial charge < -0.3 is 9.84 Å². The molecular weight excluding hydrogens is 200 g/mol. The first-order valence-electron chi connectivity index (χ1n) is 5.75. The Hall–Kier alpha value is -0.860. The molecule has 0 fully saturated rings. The van der Waals surface area contributed by atoms with E-state index < -0.39 is 6.10 Å². The predicted molar refractivity (Wildman–Crippen MR) is 66.5 cm³/mol. The molecule has 1 aromatic carbocycles. The molecule has 0 spiro atoms. The molecule has 0 aliphatic carbocycles. The maximum Gasteiger partial charge on any atom is 0.105 e. The van der Waals surface area contributed by atoms with Gasteiger partial charge in [-0.1, -0.05) is 32.0 Å². The molecule has 0 saturated carbocycles. The Kier molecular flexibility index (Phi) is 4.51. The SMILES string of the molecule is COC(C(C)C)C(O)c1ccc(C)c(C)c1. The van der Waals surface area contributed by atoms with Crippen molar-refractivity contribution in [3.8, 4) is 0 Å². The predicted octanol–water partition coefficient (Wildman–Crippen LogP) is 3.01. The molecule has 90 valence electrons. The lowest BCUT2D eigenvalue weighted by molar-refractivity contribution is -0.0391. The summed E-state index contributed by atoms with van der Waals surface area (Å²) < 4.78 is 5.35. The zero-order chi connectivity index (χ0) is 12.3. The Morgan fingerprint density at radius 1 is 1.12 bits per heavy atom. The Balaban J connectivity index is 2.94. The number of hydrogen-bond donors (Lipinski definition) is 1. The van der Waals surface area contributed by atoms with Gasteiger partial charge in [0.1, 0.15) is 6.10 Å². The summed E-state index contributed by atoms with van der Waals surface area (Å²) in [6.07, 6.45) is -0.702. The first kappa shape index (κ1) is 13.2. The fourth-order valence-electron chi connectivity index (χ4n) is 1.90. The van der Waals surface area contributed by atoms with Crippen LogP contribution in [0.5, 0.6) is 0 Å². The second-order valence-electron chi connectivity index (χ2n) is 4.73. The van der Waals surface area contributed by atoms with E-state index in [4.69, 9.17) is 4.74 Å². The van der Waals surface area contributed by atoms with Gasteiger partial charge in [-0.15, -0.1) is 0 Å². The van der Waals surface area contributed by atoms with Crippen LogP contribution in [-0.4, -0.2) is 18.3 Å². The van der Waals surface area contributed by atoms with Gasteiger partial charge in [0.05, 0.1) is 6.10 Å². The molecule has 0 radical (unpaired) electrons. The maximum absolute atomic E-state index is 10.2. The lowest BCUT2D eigenvalue weighted by Gasteiger charge is -2.25. The molecule has 2 atom stereocenters. The molecular formula is C14H22O2. The second-order valence-corrected chi connectivity index (χ2v) is 4.73. The standard InChI is InChI=1S/C14H22O2/c1-9(2)14(16-5)13(15)12-7-6-10(3)11(4)8-12/h6-9,13-15H,1-5H3. The fourth-order valence-corrected chi connectivity index (χ4v) is 1.90. The number of methoxy groups -OCH3 is 1. The molecule has 0 aliphatic rings. The monoisotopic (exact) mass is 222 g/mol. The highest BCUT2D eigenvalue weighted by Gasteiger charge is 2.23. The van der Waals surface area contributed by atoms with Crippen LogP contribution in [0.15, 0.2) is 18.2 Å². The van der Waals surface area contributed by atoms with Crippen molar-refractivity contribution in [2.75, 3.05) is 7.11 Å². The van der Waals surface area contributed by atoms with Gasteiger partial charge in [-0.3, -0.25) is 0 Å². The fraction of sp³-hybridized carbons (Fsp3) is 0.571. The third-order valence-electron chi connectivity index (χ3n) is 3.11. The Morgan fingerprint density at radius 3 is 2.19 bits per heavy atom. The quantitative estimate of drug-likeness (QED) is 0.848. The van der Waals surface area contributed by atoms with Crippen molar-refractivity contribution in [1.82, 2.24) is 0 Å². The summed E-state index contributed by atoms with van der Waals surface area (Å²) in [6.45, 7) is 8.24. The Bertz CT molecular complexity index is 345. The number of aliphatic hydroxyl groups excluding tert-OH is 1. The van der Waals surface area contributed by atoms with Crippen LogP contribution in [0, 0.1) is 19.8 Å². The zero-order valence-corrected chi connectivity index (χ0v) is 10.8. The summed E-state index contributed by atoms with van der Waals surface area (Å²) in [5.41, 5.74) is 3.38. The Labute approximate surface area is 98.3 Å². The number of hydrogen-bond acceptors (Lipinski definition) is 2. The molecule has 0 aromatic heterocycles. The van der Waals surface area contributed by atoms with Gasteiger partial charge >= 0.3 is 0 Å². The number of aliphatic hydroxyl groups is 1.